The Morgan fingerprint density at radius 3 is 2.78 bits per heavy atom. The average Bonchev–Trinajstić information content (AvgIpc) is 2.74. The first kappa shape index (κ1) is 15.8. The van der Waals surface area contributed by atoms with Crippen LogP contribution < -0.4 is 5.32 Å². The molecule has 1 atom stereocenters. The molecule has 0 aliphatic carbocycles. The van der Waals surface area contributed by atoms with Gasteiger partial charge >= 0.3 is 0 Å². The minimum absolute atomic E-state index is 0.125. The first-order chi connectivity index (χ1) is 8.63. The molecule has 0 bridgehead atoms. The number of thiophene rings is 1. The number of ether oxygens (including phenoxy) is 1. The van der Waals surface area contributed by atoms with Crippen LogP contribution in [0.3, 0.4) is 0 Å². The van der Waals surface area contributed by atoms with Gasteiger partial charge in [-0.15, -0.1) is 11.3 Å². The highest BCUT2D eigenvalue weighted by Crippen LogP contribution is 2.28. The molecular formula is C12H18ClF2NOS. The Kier molecular flexibility index (Phi) is 7.74. The van der Waals surface area contributed by atoms with E-state index in [0.717, 1.165) is 22.2 Å². The molecule has 0 saturated carbocycles. The highest BCUT2D eigenvalue weighted by molar-refractivity contribution is 7.16. The number of rotatable bonds is 9. The maximum atomic E-state index is 11.9. The summed E-state index contributed by atoms with van der Waals surface area (Å²) in [6.45, 7) is 2.79. The van der Waals surface area contributed by atoms with Crippen molar-refractivity contribution in [2.24, 2.45) is 0 Å². The Morgan fingerprint density at radius 2 is 2.22 bits per heavy atom. The summed E-state index contributed by atoms with van der Waals surface area (Å²) in [4.78, 5) is 1.12. The summed E-state index contributed by atoms with van der Waals surface area (Å²) in [6, 6.07) is 3.94. The molecule has 0 fully saturated rings. The number of halogens is 3. The Hall–Kier alpha value is -0.230. The van der Waals surface area contributed by atoms with E-state index in [1.807, 2.05) is 12.1 Å². The molecule has 1 unspecified atom stereocenters. The first-order valence-corrected chi connectivity index (χ1v) is 7.17. The van der Waals surface area contributed by atoms with Crippen molar-refractivity contribution in [3.05, 3.63) is 21.3 Å². The van der Waals surface area contributed by atoms with Crippen molar-refractivity contribution < 1.29 is 13.5 Å². The first-order valence-electron chi connectivity index (χ1n) is 5.98. The fraction of sp³-hybridized carbons (Fsp3) is 0.667. The van der Waals surface area contributed by atoms with Crippen molar-refractivity contribution in [2.45, 2.75) is 32.2 Å². The summed E-state index contributed by atoms with van der Waals surface area (Å²) in [5, 5.41) is 3.37. The second-order valence-corrected chi connectivity index (χ2v) is 5.65. The molecule has 6 heteroatoms. The lowest BCUT2D eigenvalue weighted by Gasteiger charge is -2.17. The monoisotopic (exact) mass is 297 g/mol. The van der Waals surface area contributed by atoms with Crippen LogP contribution in [0, 0.1) is 0 Å². The van der Waals surface area contributed by atoms with Gasteiger partial charge in [0.05, 0.1) is 4.34 Å². The molecule has 1 aromatic rings. The second-order valence-electron chi connectivity index (χ2n) is 3.90. The molecule has 104 valence electrons. The van der Waals surface area contributed by atoms with Gasteiger partial charge in [0.1, 0.15) is 6.61 Å². The van der Waals surface area contributed by atoms with Crippen molar-refractivity contribution >= 4 is 22.9 Å². The summed E-state index contributed by atoms with van der Waals surface area (Å²) in [7, 11) is 0. The second kappa shape index (κ2) is 8.80. The zero-order valence-corrected chi connectivity index (χ0v) is 11.9. The summed E-state index contributed by atoms with van der Waals surface area (Å²) < 4.78 is 29.5. The molecule has 0 saturated heterocycles. The number of hydrogen-bond donors (Lipinski definition) is 1. The molecule has 0 radical (unpaired) electrons. The van der Waals surface area contributed by atoms with Gasteiger partial charge in [-0.3, -0.25) is 0 Å². The standard InChI is InChI=1S/C12H18ClF2NOS/c1-2-6-16-9(5-7-17-8-12(14)15)10-3-4-11(13)18-10/h3-4,9,12,16H,2,5-8H2,1H3. The highest BCUT2D eigenvalue weighted by Gasteiger charge is 2.13. The number of hydrogen-bond acceptors (Lipinski definition) is 3. The quantitative estimate of drug-likeness (QED) is 0.693. The maximum Gasteiger partial charge on any atom is 0.261 e. The molecule has 0 aliphatic rings. The predicted octanol–water partition coefficient (Wildman–Crippen LogP) is 4.11. The number of alkyl halides is 2. The van der Waals surface area contributed by atoms with E-state index in [2.05, 4.69) is 12.2 Å². The van der Waals surface area contributed by atoms with Crippen LogP contribution in [-0.2, 0) is 4.74 Å². The lowest BCUT2D eigenvalue weighted by atomic mass is 10.1. The molecule has 0 amide bonds. The fourth-order valence-corrected chi connectivity index (χ4v) is 2.72. The lowest BCUT2D eigenvalue weighted by molar-refractivity contribution is 0.0144. The van der Waals surface area contributed by atoms with Crippen LogP contribution in [0.2, 0.25) is 4.34 Å². The summed E-state index contributed by atoms with van der Waals surface area (Å²) in [5.41, 5.74) is 0. The van der Waals surface area contributed by atoms with Crippen LogP contribution in [-0.4, -0.2) is 26.2 Å². The van der Waals surface area contributed by atoms with Gasteiger partial charge in [0.25, 0.3) is 6.43 Å². The van der Waals surface area contributed by atoms with Crippen molar-refractivity contribution in [1.82, 2.24) is 5.32 Å². The summed E-state index contributed by atoms with van der Waals surface area (Å²) in [5.74, 6) is 0. The van der Waals surface area contributed by atoms with E-state index >= 15 is 0 Å². The van der Waals surface area contributed by atoms with Gasteiger partial charge in [-0.2, -0.15) is 0 Å². The normalized spacial score (nSPS) is 13.2. The van der Waals surface area contributed by atoms with Crippen LogP contribution >= 0.6 is 22.9 Å². The molecule has 2 nitrogen and oxygen atoms in total. The predicted molar refractivity (Wildman–Crippen MR) is 71.8 cm³/mol. The van der Waals surface area contributed by atoms with E-state index in [9.17, 15) is 8.78 Å². The Labute approximate surface area is 115 Å². The zero-order valence-electron chi connectivity index (χ0n) is 10.3. The van der Waals surface area contributed by atoms with Gasteiger partial charge < -0.3 is 10.1 Å². The molecular weight excluding hydrogens is 280 g/mol. The largest absolute Gasteiger partial charge is 0.375 e. The van der Waals surface area contributed by atoms with Gasteiger partial charge in [0, 0.05) is 17.5 Å². The van der Waals surface area contributed by atoms with E-state index in [4.69, 9.17) is 16.3 Å². The fourth-order valence-electron chi connectivity index (χ4n) is 1.55. The van der Waals surface area contributed by atoms with Gasteiger partial charge in [-0.25, -0.2) is 8.78 Å². The maximum absolute atomic E-state index is 11.9. The molecule has 1 N–H and O–H groups in total. The minimum atomic E-state index is -2.40. The molecule has 0 spiro atoms. The van der Waals surface area contributed by atoms with E-state index in [-0.39, 0.29) is 6.04 Å². The van der Waals surface area contributed by atoms with Crippen LogP contribution in [0.1, 0.15) is 30.7 Å². The van der Waals surface area contributed by atoms with Gasteiger partial charge in [-0.05, 0) is 31.5 Å². The topological polar surface area (TPSA) is 21.3 Å². The van der Waals surface area contributed by atoms with Crippen LogP contribution in [0.4, 0.5) is 8.78 Å². The SMILES string of the molecule is CCCNC(CCOCC(F)F)c1ccc(Cl)s1. The smallest absolute Gasteiger partial charge is 0.261 e. The number of nitrogens with one attached hydrogen (secondary N) is 1. The van der Waals surface area contributed by atoms with E-state index < -0.39 is 13.0 Å². The summed E-state index contributed by atoms with van der Waals surface area (Å²) >= 11 is 7.41. The van der Waals surface area contributed by atoms with Crippen molar-refractivity contribution in [3.8, 4) is 0 Å². The van der Waals surface area contributed by atoms with E-state index in [0.29, 0.717) is 13.0 Å². The van der Waals surface area contributed by atoms with Crippen molar-refractivity contribution in [1.29, 1.82) is 0 Å². The summed E-state index contributed by atoms with van der Waals surface area (Å²) in [6.07, 6.45) is -0.708. The Bertz CT molecular complexity index is 336. The molecule has 1 heterocycles. The van der Waals surface area contributed by atoms with Crippen LogP contribution in [0.15, 0.2) is 12.1 Å². The van der Waals surface area contributed by atoms with Crippen molar-refractivity contribution in [2.75, 3.05) is 19.8 Å². The average molecular weight is 298 g/mol. The van der Waals surface area contributed by atoms with E-state index in [1.54, 1.807) is 0 Å². The molecule has 0 aromatic carbocycles. The van der Waals surface area contributed by atoms with Crippen LogP contribution in [0.25, 0.3) is 0 Å². The third kappa shape index (κ3) is 6.09. The Morgan fingerprint density at radius 1 is 1.44 bits per heavy atom. The minimum Gasteiger partial charge on any atom is -0.375 e. The molecule has 0 aliphatic heterocycles. The molecule has 1 aromatic heterocycles. The Balaban J connectivity index is 2.40. The molecule has 1 rings (SSSR count). The van der Waals surface area contributed by atoms with Gasteiger partial charge in [0.15, 0.2) is 0 Å². The third-order valence-electron chi connectivity index (χ3n) is 2.37. The highest BCUT2D eigenvalue weighted by atomic mass is 35.5. The lowest BCUT2D eigenvalue weighted by Crippen LogP contribution is -2.23. The van der Waals surface area contributed by atoms with E-state index in [1.165, 1.54) is 11.3 Å². The molecule has 18 heavy (non-hydrogen) atoms. The van der Waals surface area contributed by atoms with Gasteiger partial charge in [0.2, 0.25) is 0 Å². The van der Waals surface area contributed by atoms with Crippen molar-refractivity contribution in [3.63, 3.8) is 0 Å². The van der Waals surface area contributed by atoms with Crippen LogP contribution in [0.5, 0.6) is 0 Å². The third-order valence-corrected chi connectivity index (χ3v) is 3.72. The zero-order chi connectivity index (χ0) is 13.4. The van der Waals surface area contributed by atoms with Gasteiger partial charge in [-0.1, -0.05) is 18.5 Å².